The highest BCUT2D eigenvalue weighted by Gasteiger charge is 2.36. The average Bonchev–Trinajstić information content (AvgIpc) is 3.28. The normalized spacial score (nSPS) is 24.5. The lowest BCUT2D eigenvalue weighted by Gasteiger charge is -2.31. The van der Waals surface area contributed by atoms with Crippen LogP contribution in [0.1, 0.15) is 56.4 Å². The highest BCUT2D eigenvalue weighted by Crippen LogP contribution is 2.29. The van der Waals surface area contributed by atoms with Gasteiger partial charge in [0.05, 0.1) is 12.8 Å². The Bertz CT molecular complexity index is 880. The number of alkyl halides is 2. The van der Waals surface area contributed by atoms with Crippen molar-refractivity contribution in [2.45, 2.75) is 64.0 Å². The molecule has 4 heterocycles. The summed E-state index contributed by atoms with van der Waals surface area (Å²) in [7, 11) is 0. The van der Waals surface area contributed by atoms with E-state index >= 15 is 0 Å². The smallest absolute Gasteiger partial charge is 0.270 e. The van der Waals surface area contributed by atoms with Crippen LogP contribution in [-0.4, -0.2) is 69.9 Å². The maximum absolute atomic E-state index is 13.3. The summed E-state index contributed by atoms with van der Waals surface area (Å²) in [6, 6.07) is 4.86. The molecule has 2 atom stereocenters. The monoisotopic (exact) mass is 420 g/mol. The molecule has 8 heteroatoms. The first-order chi connectivity index (χ1) is 14.3. The Labute approximate surface area is 175 Å². The molecular formula is C22H30F2N4O2. The van der Waals surface area contributed by atoms with Gasteiger partial charge in [-0.15, -0.1) is 0 Å². The quantitative estimate of drug-likeness (QED) is 0.716. The summed E-state index contributed by atoms with van der Waals surface area (Å²) in [5, 5.41) is 0.778. The van der Waals surface area contributed by atoms with Crippen molar-refractivity contribution in [3.63, 3.8) is 0 Å². The molecule has 2 fully saturated rings. The molecule has 0 aromatic carbocycles. The number of pyridine rings is 1. The van der Waals surface area contributed by atoms with E-state index in [0.29, 0.717) is 35.8 Å². The molecule has 2 aromatic heterocycles. The second-order valence-corrected chi connectivity index (χ2v) is 8.66. The minimum absolute atomic E-state index is 0.0667. The number of amides is 1. The van der Waals surface area contributed by atoms with Crippen LogP contribution in [0.3, 0.4) is 0 Å². The van der Waals surface area contributed by atoms with Crippen LogP contribution in [0.15, 0.2) is 18.3 Å². The number of halogens is 2. The molecule has 2 aromatic rings. The highest BCUT2D eigenvalue weighted by atomic mass is 19.3. The number of hydrogen-bond acceptors (Lipinski definition) is 4. The fourth-order valence-electron chi connectivity index (χ4n) is 4.52. The van der Waals surface area contributed by atoms with Crippen LogP contribution >= 0.6 is 0 Å². The number of carbonyl (C=O) groups excluding carboxylic acids is 1. The van der Waals surface area contributed by atoms with Crippen LogP contribution in [0.4, 0.5) is 8.78 Å². The first-order valence-corrected chi connectivity index (χ1v) is 10.9. The number of rotatable bonds is 6. The van der Waals surface area contributed by atoms with Crippen molar-refractivity contribution < 1.29 is 18.3 Å². The van der Waals surface area contributed by atoms with Crippen LogP contribution in [0, 0.1) is 0 Å². The number of H-pyrrole nitrogens is 1. The zero-order valence-corrected chi connectivity index (χ0v) is 17.7. The number of carbonyl (C=O) groups is 1. The molecule has 4 rings (SSSR count). The predicted octanol–water partition coefficient (Wildman–Crippen LogP) is 4.08. The van der Waals surface area contributed by atoms with Crippen molar-refractivity contribution in [1.82, 2.24) is 19.8 Å². The zero-order valence-electron chi connectivity index (χ0n) is 17.7. The number of likely N-dealkylation sites (tertiary alicyclic amines) is 2. The number of fused-ring (bicyclic) bond motifs is 1. The van der Waals surface area contributed by atoms with Gasteiger partial charge in [-0.3, -0.25) is 9.69 Å². The van der Waals surface area contributed by atoms with Crippen LogP contribution < -0.4 is 4.74 Å². The van der Waals surface area contributed by atoms with E-state index in [0.717, 1.165) is 18.4 Å². The lowest BCUT2D eigenvalue weighted by Crippen LogP contribution is -2.42. The van der Waals surface area contributed by atoms with Gasteiger partial charge in [0.15, 0.2) is 0 Å². The number of aromatic nitrogens is 2. The highest BCUT2D eigenvalue weighted by molar-refractivity contribution is 5.97. The standard InChI is InChI=1S/C22H30F2N4O2/c1-15-4-5-16(2)28(15)8-3-11-30-18-12-17-13-19(26-20(17)25-14-18)21(29)27-9-6-22(23,24)7-10-27/h12-16H,3-11H2,1-2H3,(H,25,26)/t15-,16-/m1/s1. The van der Waals surface area contributed by atoms with E-state index < -0.39 is 5.92 Å². The third kappa shape index (κ3) is 4.58. The minimum Gasteiger partial charge on any atom is -0.492 e. The fourth-order valence-corrected chi connectivity index (χ4v) is 4.52. The fraction of sp³-hybridized carbons (Fsp3) is 0.636. The van der Waals surface area contributed by atoms with Crippen LogP contribution in [-0.2, 0) is 0 Å². The SMILES string of the molecule is C[C@@H]1CC[C@@H](C)N1CCCOc1cnc2[nH]c(C(=O)N3CCC(F)(F)CC3)cc2c1. The number of ether oxygens (including phenoxy) is 1. The van der Waals surface area contributed by atoms with Crippen LogP contribution in [0.25, 0.3) is 11.0 Å². The average molecular weight is 421 g/mol. The van der Waals surface area contributed by atoms with Gasteiger partial charge in [0.2, 0.25) is 0 Å². The van der Waals surface area contributed by atoms with Crippen LogP contribution in [0.2, 0.25) is 0 Å². The summed E-state index contributed by atoms with van der Waals surface area (Å²) in [6.45, 7) is 6.33. The molecule has 1 amide bonds. The first kappa shape index (κ1) is 21.0. The molecule has 0 spiro atoms. The summed E-state index contributed by atoms with van der Waals surface area (Å²) in [6.07, 6.45) is 4.54. The Balaban J connectivity index is 1.33. The number of hydrogen-bond donors (Lipinski definition) is 1. The van der Waals surface area contributed by atoms with Gasteiger partial charge in [-0.1, -0.05) is 0 Å². The Hall–Kier alpha value is -2.22. The maximum Gasteiger partial charge on any atom is 0.270 e. The molecule has 0 saturated carbocycles. The van der Waals surface area contributed by atoms with Gasteiger partial charge in [-0.2, -0.15) is 0 Å². The largest absolute Gasteiger partial charge is 0.492 e. The van der Waals surface area contributed by atoms with Crippen molar-refractivity contribution in [2.24, 2.45) is 0 Å². The Morgan fingerprint density at radius 3 is 2.63 bits per heavy atom. The van der Waals surface area contributed by atoms with Gasteiger partial charge in [0, 0.05) is 49.9 Å². The van der Waals surface area contributed by atoms with Gasteiger partial charge >= 0.3 is 0 Å². The minimum atomic E-state index is -2.67. The molecule has 2 saturated heterocycles. The summed E-state index contributed by atoms with van der Waals surface area (Å²) in [4.78, 5) is 24.0. The molecule has 0 radical (unpaired) electrons. The molecule has 30 heavy (non-hydrogen) atoms. The predicted molar refractivity (Wildman–Crippen MR) is 111 cm³/mol. The lowest BCUT2D eigenvalue weighted by molar-refractivity contribution is -0.0495. The van der Waals surface area contributed by atoms with Gasteiger partial charge in [-0.05, 0) is 45.2 Å². The molecule has 2 aliphatic rings. The topological polar surface area (TPSA) is 61.5 Å². The van der Waals surface area contributed by atoms with E-state index in [4.69, 9.17) is 4.74 Å². The summed E-state index contributed by atoms with van der Waals surface area (Å²) >= 11 is 0. The molecular weight excluding hydrogens is 390 g/mol. The van der Waals surface area contributed by atoms with Gasteiger partial charge in [-0.25, -0.2) is 13.8 Å². The summed E-state index contributed by atoms with van der Waals surface area (Å²) in [5.41, 5.74) is 0.963. The van der Waals surface area contributed by atoms with E-state index in [1.807, 2.05) is 6.07 Å². The number of aromatic amines is 1. The van der Waals surface area contributed by atoms with E-state index in [9.17, 15) is 13.6 Å². The Kier molecular flexibility index (Phi) is 5.95. The van der Waals surface area contributed by atoms with Gasteiger partial charge < -0.3 is 14.6 Å². The van der Waals surface area contributed by atoms with E-state index in [-0.39, 0.29) is 31.8 Å². The molecule has 6 nitrogen and oxygen atoms in total. The first-order valence-electron chi connectivity index (χ1n) is 10.9. The lowest BCUT2D eigenvalue weighted by atomic mass is 10.1. The van der Waals surface area contributed by atoms with Gasteiger partial charge in [0.1, 0.15) is 17.1 Å². The van der Waals surface area contributed by atoms with E-state index in [1.54, 1.807) is 12.3 Å². The third-order valence-electron chi connectivity index (χ3n) is 6.42. The Morgan fingerprint density at radius 1 is 1.23 bits per heavy atom. The summed E-state index contributed by atoms with van der Waals surface area (Å²) in [5.74, 6) is -2.27. The number of nitrogens with one attached hydrogen (secondary N) is 1. The van der Waals surface area contributed by atoms with Crippen molar-refractivity contribution >= 4 is 16.9 Å². The summed E-state index contributed by atoms with van der Waals surface area (Å²) < 4.78 is 32.5. The third-order valence-corrected chi connectivity index (χ3v) is 6.42. The van der Waals surface area contributed by atoms with Crippen molar-refractivity contribution in [1.29, 1.82) is 0 Å². The zero-order chi connectivity index (χ0) is 21.3. The van der Waals surface area contributed by atoms with Crippen molar-refractivity contribution in [3.05, 3.63) is 24.0 Å². The van der Waals surface area contributed by atoms with Gasteiger partial charge in [0.25, 0.3) is 11.8 Å². The van der Waals surface area contributed by atoms with E-state index in [2.05, 4.69) is 28.7 Å². The van der Waals surface area contributed by atoms with Crippen LogP contribution in [0.5, 0.6) is 5.75 Å². The molecule has 2 aliphatic heterocycles. The number of piperidine rings is 1. The molecule has 164 valence electrons. The van der Waals surface area contributed by atoms with E-state index in [1.165, 1.54) is 17.7 Å². The van der Waals surface area contributed by atoms with Crippen molar-refractivity contribution in [3.8, 4) is 5.75 Å². The number of nitrogens with zero attached hydrogens (tertiary/aromatic N) is 3. The molecule has 0 bridgehead atoms. The Morgan fingerprint density at radius 2 is 1.93 bits per heavy atom. The van der Waals surface area contributed by atoms with Crippen molar-refractivity contribution in [2.75, 3.05) is 26.2 Å². The molecule has 0 aliphatic carbocycles. The second kappa shape index (κ2) is 8.49. The second-order valence-electron chi connectivity index (χ2n) is 8.66. The maximum atomic E-state index is 13.3. The molecule has 1 N–H and O–H groups in total. The molecule has 0 unspecified atom stereocenters.